The number of aromatic hydroxyl groups is 1. The Bertz CT molecular complexity index is 759. The molecule has 0 heterocycles. The lowest BCUT2D eigenvalue weighted by molar-refractivity contribution is -0.117. The number of halogens is 1. The van der Waals surface area contributed by atoms with Crippen LogP contribution in [0.1, 0.15) is 36.5 Å². The highest BCUT2D eigenvalue weighted by Gasteiger charge is 2.13. The Morgan fingerprint density at radius 1 is 1.28 bits per heavy atom. The zero-order valence-electron chi connectivity index (χ0n) is 15.1. The Labute approximate surface area is 154 Å². The molecule has 0 saturated carbocycles. The molecule has 0 spiro atoms. The van der Waals surface area contributed by atoms with Gasteiger partial charge in [0, 0.05) is 12.1 Å². The summed E-state index contributed by atoms with van der Waals surface area (Å²) in [5, 5.41) is 13.5. The molecule has 134 valence electrons. The van der Waals surface area contributed by atoms with Crippen LogP contribution in [-0.4, -0.2) is 29.5 Å². The van der Waals surface area contributed by atoms with Gasteiger partial charge in [0.15, 0.2) is 0 Å². The number of nitrogens with one attached hydrogen (secondary N) is 1. The number of carbonyl (C=O) groups is 1. The molecule has 0 radical (unpaired) electrons. The number of aryl methyl sites for hydroxylation is 1. The van der Waals surface area contributed by atoms with E-state index in [4.69, 9.17) is 11.6 Å². The number of phenols is 1. The first-order valence-electron chi connectivity index (χ1n) is 8.33. The first-order chi connectivity index (χ1) is 11.8. The van der Waals surface area contributed by atoms with Crippen molar-refractivity contribution < 1.29 is 9.90 Å². The first kappa shape index (κ1) is 19.3. The van der Waals surface area contributed by atoms with Crippen molar-refractivity contribution in [3.63, 3.8) is 0 Å². The number of carbonyl (C=O) groups excluding carboxylic acids is 1. The van der Waals surface area contributed by atoms with E-state index in [-0.39, 0.29) is 18.2 Å². The van der Waals surface area contributed by atoms with E-state index in [1.807, 2.05) is 37.1 Å². The predicted molar refractivity (Wildman–Crippen MR) is 103 cm³/mol. The summed E-state index contributed by atoms with van der Waals surface area (Å²) in [6.07, 6.45) is 0. The lowest BCUT2D eigenvalue weighted by Crippen LogP contribution is -2.30. The van der Waals surface area contributed by atoms with Crippen molar-refractivity contribution in [3.8, 4) is 5.75 Å². The van der Waals surface area contributed by atoms with E-state index in [2.05, 4.69) is 19.2 Å². The van der Waals surface area contributed by atoms with E-state index in [1.54, 1.807) is 18.2 Å². The largest absolute Gasteiger partial charge is 0.508 e. The molecule has 0 aliphatic rings. The molecule has 2 N–H and O–H groups in total. The van der Waals surface area contributed by atoms with E-state index in [0.717, 1.165) is 11.1 Å². The second-order valence-corrected chi connectivity index (χ2v) is 7.10. The number of anilines is 1. The van der Waals surface area contributed by atoms with E-state index in [1.165, 1.54) is 5.56 Å². The van der Waals surface area contributed by atoms with Crippen molar-refractivity contribution in [3.05, 3.63) is 58.1 Å². The molecule has 2 rings (SSSR count). The van der Waals surface area contributed by atoms with Gasteiger partial charge in [0.05, 0.1) is 17.3 Å². The molecule has 2 aromatic carbocycles. The number of rotatable bonds is 6. The Kier molecular flexibility index (Phi) is 6.45. The average molecular weight is 361 g/mol. The number of para-hydroxylation sites is 1. The van der Waals surface area contributed by atoms with Gasteiger partial charge in [-0.2, -0.15) is 0 Å². The fraction of sp³-hybridized carbons (Fsp3) is 0.350. The molecular formula is C20H25ClN2O2. The number of amides is 1. The molecule has 0 bridgehead atoms. The molecule has 0 saturated heterocycles. The summed E-state index contributed by atoms with van der Waals surface area (Å²) in [5.41, 5.74) is 3.71. The van der Waals surface area contributed by atoms with Crippen molar-refractivity contribution >= 4 is 23.2 Å². The molecule has 0 fully saturated rings. The summed E-state index contributed by atoms with van der Waals surface area (Å²) in [4.78, 5) is 14.1. The van der Waals surface area contributed by atoms with Gasteiger partial charge >= 0.3 is 0 Å². The first-order valence-corrected chi connectivity index (χ1v) is 8.71. The summed E-state index contributed by atoms with van der Waals surface area (Å²) >= 11 is 6.06. The van der Waals surface area contributed by atoms with Crippen molar-refractivity contribution in [2.45, 2.75) is 33.2 Å². The van der Waals surface area contributed by atoms with Crippen LogP contribution in [0, 0.1) is 6.92 Å². The van der Waals surface area contributed by atoms with Gasteiger partial charge in [-0.3, -0.25) is 9.69 Å². The Hall–Kier alpha value is -2.04. The molecule has 0 atom stereocenters. The van der Waals surface area contributed by atoms with Gasteiger partial charge in [-0.05, 0) is 49.2 Å². The molecule has 1 amide bonds. The highest BCUT2D eigenvalue weighted by atomic mass is 35.5. The minimum atomic E-state index is -0.147. The van der Waals surface area contributed by atoms with Crippen molar-refractivity contribution in [2.75, 3.05) is 18.9 Å². The summed E-state index contributed by atoms with van der Waals surface area (Å²) in [6, 6.07) is 11.0. The monoisotopic (exact) mass is 360 g/mol. The van der Waals surface area contributed by atoms with Crippen LogP contribution in [0.15, 0.2) is 36.4 Å². The fourth-order valence-corrected chi connectivity index (χ4v) is 3.03. The standard InChI is InChI=1S/C20H25ClN2O2/c1-13(2)16-10-15(19(24)9-14(16)3)11-23(4)12-20(25)22-18-8-6-5-7-17(18)21/h5-10,13,24H,11-12H2,1-4H3,(H,22,25). The molecule has 2 aromatic rings. The second-order valence-electron chi connectivity index (χ2n) is 6.69. The maximum absolute atomic E-state index is 12.2. The third-order valence-electron chi connectivity index (χ3n) is 4.09. The lowest BCUT2D eigenvalue weighted by atomic mass is 9.95. The quantitative estimate of drug-likeness (QED) is 0.794. The van der Waals surface area contributed by atoms with Crippen LogP contribution in [0.25, 0.3) is 0 Å². The van der Waals surface area contributed by atoms with Gasteiger partial charge in [-0.15, -0.1) is 0 Å². The van der Waals surface area contributed by atoms with Gasteiger partial charge in [-0.25, -0.2) is 0 Å². The average Bonchev–Trinajstić information content (AvgIpc) is 2.51. The van der Waals surface area contributed by atoms with Crippen molar-refractivity contribution in [1.82, 2.24) is 4.90 Å². The summed E-state index contributed by atoms with van der Waals surface area (Å²) < 4.78 is 0. The fourth-order valence-electron chi connectivity index (χ4n) is 2.85. The Morgan fingerprint density at radius 2 is 1.96 bits per heavy atom. The molecule has 5 heteroatoms. The minimum Gasteiger partial charge on any atom is -0.508 e. The zero-order valence-corrected chi connectivity index (χ0v) is 15.9. The lowest BCUT2D eigenvalue weighted by Gasteiger charge is -2.19. The molecule has 25 heavy (non-hydrogen) atoms. The molecule has 0 aliphatic heterocycles. The third kappa shape index (κ3) is 5.21. The molecule has 4 nitrogen and oxygen atoms in total. The van der Waals surface area contributed by atoms with E-state index in [0.29, 0.717) is 23.2 Å². The van der Waals surface area contributed by atoms with Crippen LogP contribution in [0.2, 0.25) is 5.02 Å². The summed E-state index contributed by atoms with van der Waals surface area (Å²) in [7, 11) is 1.85. The third-order valence-corrected chi connectivity index (χ3v) is 4.42. The van der Waals surface area contributed by atoms with Crippen LogP contribution < -0.4 is 5.32 Å². The van der Waals surface area contributed by atoms with Crippen LogP contribution in [-0.2, 0) is 11.3 Å². The van der Waals surface area contributed by atoms with E-state index < -0.39 is 0 Å². The predicted octanol–water partition coefficient (Wildman–Crippen LogP) is 4.55. The van der Waals surface area contributed by atoms with Crippen molar-refractivity contribution in [2.24, 2.45) is 0 Å². The molecule has 0 aromatic heterocycles. The highest BCUT2D eigenvalue weighted by Crippen LogP contribution is 2.28. The van der Waals surface area contributed by atoms with Gasteiger partial charge in [0.25, 0.3) is 0 Å². The number of phenolic OH excluding ortho intramolecular Hbond substituents is 1. The molecule has 0 unspecified atom stereocenters. The zero-order chi connectivity index (χ0) is 18.6. The van der Waals surface area contributed by atoms with Crippen LogP contribution in [0.3, 0.4) is 0 Å². The van der Waals surface area contributed by atoms with Crippen LogP contribution >= 0.6 is 11.6 Å². The Morgan fingerprint density at radius 3 is 2.60 bits per heavy atom. The van der Waals surface area contributed by atoms with E-state index in [9.17, 15) is 9.90 Å². The number of nitrogens with zero attached hydrogens (tertiary/aromatic N) is 1. The van der Waals surface area contributed by atoms with Gasteiger partial charge in [0.1, 0.15) is 5.75 Å². The molecule has 0 aliphatic carbocycles. The van der Waals surface area contributed by atoms with Crippen molar-refractivity contribution in [1.29, 1.82) is 0 Å². The normalized spacial score (nSPS) is 11.2. The summed E-state index contributed by atoms with van der Waals surface area (Å²) in [5.74, 6) is 0.500. The SMILES string of the molecule is Cc1cc(O)c(CN(C)CC(=O)Nc2ccccc2Cl)cc1C(C)C. The van der Waals surface area contributed by atoms with E-state index >= 15 is 0 Å². The van der Waals surface area contributed by atoms with Crippen LogP contribution in [0.5, 0.6) is 5.75 Å². The minimum absolute atomic E-state index is 0.147. The van der Waals surface area contributed by atoms with Gasteiger partial charge in [-0.1, -0.05) is 43.6 Å². The highest BCUT2D eigenvalue weighted by molar-refractivity contribution is 6.33. The molecular weight excluding hydrogens is 336 g/mol. The summed E-state index contributed by atoms with van der Waals surface area (Å²) in [6.45, 7) is 6.95. The number of likely N-dealkylation sites (N-methyl/N-ethyl adjacent to an activating group) is 1. The van der Waals surface area contributed by atoms with Gasteiger partial charge in [0.2, 0.25) is 5.91 Å². The number of benzene rings is 2. The topological polar surface area (TPSA) is 52.6 Å². The number of hydrogen-bond donors (Lipinski definition) is 2. The van der Waals surface area contributed by atoms with Crippen LogP contribution in [0.4, 0.5) is 5.69 Å². The maximum Gasteiger partial charge on any atom is 0.238 e. The smallest absolute Gasteiger partial charge is 0.238 e. The maximum atomic E-state index is 12.2. The second kappa shape index (κ2) is 8.37. The van der Waals surface area contributed by atoms with Gasteiger partial charge < -0.3 is 10.4 Å². The number of hydrogen-bond acceptors (Lipinski definition) is 3. The Balaban J connectivity index is 2.02.